The van der Waals surface area contributed by atoms with Crippen molar-refractivity contribution >= 4 is 11.9 Å². The lowest BCUT2D eigenvalue weighted by atomic mass is 10.5. The van der Waals surface area contributed by atoms with E-state index in [2.05, 4.69) is 14.8 Å². The van der Waals surface area contributed by atoms with Crippen molar-refractivity contribution in [1.82, 2.24) is 15.4 Å². The van der Waals surface area contributed by atoms with E-state index < -0.39 is 18.7 Å². The third-order valence-electron chi connectivity index (χ3n) is 1.70. The summed E-state index contributed by atoms with van der Waals surface area (Å²) in [4.78, 5) is 24.3. The molecule has 1 amide bonds. The molecule has 0 aliphatic heterocycles. The highest BCUT2D eigenvalue weighted by atomic mass is 19.4. The molecule has 1 N–H and O–H groups in total. The average Bonchev–Trinajstić information content (AvgIpc) is 2.28. The standard InChI is InChI=1S/C9H11F3N4O2/c1-16(8-13-3-2-4-14-8)5-7(17)15-18-6-9(10,11)12/h2-4H,5-6H2,1H3,(H,15,17). The average molecular weight is 264 g/mol. The lowest BCUT2D eigenvalue weighted by molar-refractivity contribution is -0.191. The van der Waals surface area contributed by atoms with Gasteiger partial charge in [-0.05, 0) is 6.07 Å². The Morgan fingerprint density at radius 3 is 2.61 bits per heavy atom. The second kappa shape index (κ2) is 6.15. The zero-order valence-electron chi connectivity index (χ0n) is 9.44. The largest absolute Gasteiger partial charge is 0.414 e. The molecule has 0 aliphatic carbocycles. The molecule has 6 nitrogen and oxygen atoms in total. The number of hydrogen-bond acceptors (Lipinski definition) is 5. The van der Waals surface area contributed by atoms with Gasteiger partial charge in [0.1, 0.15) is 6.54 Å². The van der Waals surface area contributed by atoms with Gasteiger partial charge in [-0.2, -0.15) is 13.2 Å². The van der Waals surface area contributed by atoms with Crippen molar-refractivity contribution in [3.05, 3.63) is 18.5 Å². The Morgan fingerprint density at radius 1 is 1.44 bits per heavy atom. The van der Waals surface area contributed by atoms with E-state index in [1.54, 1.807) is 11.5 Å². The second-order valence-electron chi connectivity index (χ2n) is 3.33. The second-order valence-corrected chi connectivity index (χ2v) is 3.33. The normalized spacial score (nSPS) is 11.1. The monoisotopic (exact) mass is 264 g/mol. The zero-order valence-corrected chi connectivity index (χ0v) is 9.44. The van der Waals surface area contributed by atoms with Crippen molar-refractivity contribution in [1.29, 1.82) is 0 Å². The summed E-state index contributed by atoms with van der Waals surface area (Å²) in [6.07, 6.45) is -1.52. The lowest BCUT2D eigenvalue weighted by Crippen LogP contribution is -2.37. The number of rotatable bonds is 5. The molecule has 0 fully saturated rings. The van der Waals surface area contributed by atoms with Crippen molar-refractivity contribution in [2.75, 3.05) is 25.1 Å². The first-order chi connectivity index (χ1) is 8.38. The number of amides is 1. The van der Waals surface area contributed by atoms with E-state index in [1.165, 1.54) is 24.3 Å². The number of carbonyl (C=O) groups excluding carboxylic acids is 1. The van der Waals surface area contributed by atoms with Gasteiger partial charge in [0, 0.05) is 19.4 Å². The SMILES string of the molecule is CN(CC(=O)NOCC(F)(F)F)c1ncccn1. The van der Waals surface area contributed by atoms with E-state index in [9.17, 15) is 18.0 Å². The topological polar surface area (TPSA) is 67.4 Å². The molecule has 9 heteroatoms. The first-order valence-electron chi connectivity index (χ1n) is 4.84. The Labute approximate surface area is 101 Å². The van der Waals surface area contributed by atoms with Crippen LogP contribution in [0.5, 0.6) is 0 Å². The molecule has 1 heterocycles. The fraction of sp³-hybridized carbons (Fsp3) is 0.444. The van der Waals surface area contributed by atoms with E-state index in [4.69, 9.17) is 0 Å². The first-order valence-corrected chi connectivity index (χ1v) is 4.84. The molecule has 0 saturated carbocycles. The number of likely N-dealkylation sites (N-methyl/N-ethyl adjacent to an activating group) is 1. The summed E-state index contributed by atoms with van der Waals surface area (Å²) in [6.45, 7) is -1.76. The van der Waals surface area contributed by atoms with Crippen molar-refractivity contribution in [2.24, 2.45) is 0 Å². The number of hydrogen-bond donors (Lipinski definition) is 1. The fourth-order valence-electron chi connectivity index (χ4n) is 1.01. The van der Waals surface area contributed by atoms with Crippen LogP contribution in [0.1, 0.15) is 0 Å². The van der Waals surface area contributed by atoms with Crippen LogP contribution in [-0.2, 0) is 9.63 Å². The van der Waals surface area contributed by atoms with Gasteiger partial charge in [0.15, 0.2) is 6.61 Å². The van der Waals surface area contributed by atoms with Gasteiger partial charge in [0.05, 0.1) is 0 Å². The maximum Gasteiger partial charge on any atom is 0.414 e. The van der Waals surface area contributed by atoms with Gasteiger partial charge in [0.2, 0.25) is 5.95 Å². The molecule has 0 spiro atoms. The minimum absolute atomic E-state index is 0.220. The number of anilines is 1. The van der Waals surface area contributed by atoms with E-state index in [0.717, 1.165) is 0 Å². The van der Waals surface area contributed by atoms with Crippen LogP contribution in [0.15, 0.2) is 18.5 Å². The zero-order chi connectivity index (χ0) is 13.6. The van der Waals surface area contributed by atoms with Crippen LogP contribution < -0.4 is 10.4 Å². The predicted octanol–water partition coefficient (Wildman–Crippen LogP) is 0.523. The summed E-state index contributed by atoms with van der Waals surface area (Å²) in [7, 11) is 1.53. The van der Waals surface area contributed by atoms with Crippen LogP contribution in [0.3, 0.4) is 0 Å². The van der Waals surface area contributed by atoms with Crippen molar-refractivity contribution in [3.8, 4) is 0 Å². The lowest BCUT2D eigenvalue weighted by Gasteiger charge is -2.16. The third-order valence-corrected chi connectivity index (χ3v) is 1.70. The fourth-order valence-corrected chi connectivity index (χ4v) is 1.01. The summed E-state index contributed by atoms with van der Waals surface area (Å²) >= 11 is 0. The van der Waals surface area contributed by atoms with Crippen LogP contribution in [0.25, 0.3) is 0 Å². The molecular formula is C9H11F3N4O2. The number of hydroxylamine groups is 1. The summed E-state index contributed by atoms with van der Waals surface area (Å²) in [5.41, 5.74) is 1.68. The first kappa shape index (κ1) is 14.2. The number of halogens is 3. The summed E-state index contributed by atoms with van der Waals surface area (Å²) in [5.74, 6) is -0.447. The van der Waals surface area contributed by atoms with Crippen LogP contribution in [0.2, 0.25) is 0 Å². The van der Waals surface area contributed by atoms with Crippen LogP contribution in [-0.4, -0.2) is 42.3 Å². The predicted molar refractivity (Wildman–Crippen MR) is 55.5 cm³/mol. The van der Waals surface area contributed by atoms with Gasteiger partial charge < -0.3 is 4.90 Å². The molecular weight excluding hydrogens is 253 g/mol. The molecule has 0 saturated heterocycles. The molecule has 100 valence electrons. The van der Waals surface area contributed by atoms with Crippen molar-refractivity contribution in [2.45, 2.75) is 6.18 Å². The van der Waals surface area contributed by atoms with Gasteiger partial charge in [-0.3, -0.25) is 9.63 Å². The highest BCUT2D eigenvalue weighted by Crippen LogP contribution is 2.13. The highest BCUT2D eigenvalue weighted by Gasteiger charge is 2.28. The van der Waals surface area contributed by atoms with Crippen LogP contribution in [0, 0.1) is 0 Å². The maximum atomic E-state index is 11.7. The highest BCUT2D eigenvalue weighted by molar-refractivity contribution is 5.79. The van der Waals surface area contributed by atoms with E-state index in [1.807, 2.05) is 0 Å². The smallest absolute Gasteiger partial charge is 0.334 e. The summed E-state index contributed by atoms with van der Waals surface area (Å²) in [5, 5.41) is 0. The van der Waals surface area contributed by atoms with Crippen molar-refractivity contribution in [3.63, 3.8) is 0 Å². The summed E-state index contributed by atoms with van der Waals surface area (Å²) < 4.78 is 35.2. The third kappa shape index (κ3) is 5.43. The van der Waals surface area contributed by atoms with Gasteiger partial charge in [-0.1, -0.05) is 0 Å². The number of nitrogens with zero attached hydrogens (tertiary/aromatic N) is 3. The molecule has 1 rings (SSSR count). The van der Waals surface area contributed by atoms with Crippen LogP contribution >= 0.6 is 0 Å². The Morgan fingerprint density at radius 2 is 2.06 bits per heavy atom. The molecule has 0 aliphatic rings. The number of nitrogens with one attached hydrogen (secondary N) is 1. The minimum Gasteiger partial charge on any atom is -0.334 e. The Balaban J connectivity index is 2.32. The summed E-state index contributed by atoms with van der Waals surface area (Å²) in [6, 6.07) is 1.60. The number of carbonyl (C=O) groups is 1. The van der Waals surface area contributed by atoms with Gasteiger partial charge in [-0.15, -0.1) is 0 Å². The Kier molecular flexibility index (Phi) is 4.84. The number of alkyl halides is 3. The minimum atomic E-state index is -4.48. The Hall–Kier alpha value is -1.90. The van der Waals surface area contributed by atoms with Crippen molar-refractivity contribution < 1.29 is 22.8 Å². The molecule has 0 bridgehead atoms. The molecule has 1 aromatic rings. The number of aromatic nitrogens is 2. The van der Waals surface area contributed by atoms with Gasteiger partial charge in [0.25, 0.3) is 5.91 Å². The molecule has 0 radical (unpaired) electrons. The molecule has 0 atom stereocenters. The molecule has 0 unspecified atom stereocenters. The Bertz CT molecular complexity index is 385. The molecule has 1 aromatic heterocycles. The molecule has 18 heavy (non-hydrogen) atoms. The van der Waals surface area contributed by atoms with E-state index in [0.29, 0.717) is 0 Å². The van der Waals surface area contributed by atoms with E-state index in [-0.39, 0.29) is 12.5 Å². The maximum absolute atomic E-state index is 11.7. The van der Waals surface area contributed by atoms with Gasteiger partial charge >= 0.3 is 6.18 Å². The van der Waals surface area contributed by atoms with E-state index >= 15 is 0 Å². The van der Waals surface area contributed by atoms with Gasteiger partial charge in [-0.25, -0.2) is 15.4 Å². The van der Waals surface area contributed by atoms with Crippen LogP contribution in [0.4, 0.5) is 19.1 Å². The quantitative estimate of drug-likeness (QED) is 0.785. The molecule has 0 aromatic carbocycles.